The molecule has 1 unspecified atom stereocenters. The Morgan fingerprint density at radius 2 is 2.20 bits per heavy atom. The summed E-state index contributed by atoms with van der Waals surface area (Å²) in [6, 6.07) is 3.09. The number of aliphatic hydroxyl groups is 1. The Bertz CT molecular complexity index is 567. The second kappa shape index (κ2) is 4.91. The maximum absolute atomic E-state index is 12.5. The van der Waals surface area contributed by atoms with Crippen LogP contribution in [0.2, 0.25) is 0 Å². The van der Waals surface area contributed by atoms with Crippen LogP contribution < -0.4 is 5.32 Å². The molecule has 2 heterocycles. The van der Waals surface area contributed by atoms with Gasteiger partial charge in [0.15, 0.2) is 0 Å². The summed E-state index contributed by atoms with van der Waals surface area (Å²) in [6.07, 6.45) is -5.31. The van der Waals surface area contributed by atoms with Gasteiger partial charge in [-0.25, -0.2) is 4.79 Å². The standard InChI is InChI=1S/C11H8F3NO4S/c12-11(13,14)10(18)4-3-6(9(17)19-10)15-8(16)7-2-1-5-20-7/h1-3,5,18H,4H2,(H,15,16). The van der Waals surface area contributed by atoms with Crippen molar-refractivity contribution in [1.82, 2.24) is 5.32 Å². The Morgan fingerprint density at radius 3 is 2.70 bits per heavy atom. The fourth-order valence-corrected chi connectivity index (χ4v) is 2.06. The minimum absolute atomic E-state index is 0.287. The number of esters is 1. The minimum Gasteiger partial charge on any atom is -0.418 e. The molecule has 0 saturated heterocycles. The number of halogens is 3. The van der Waals surface area contributed by atoms with Gasteiger partial charge in [-0.05, 0) is 17.5 Å². The number of hydrogen-bond donors (Lipinski definition) is 2. The van der Waals surface area contributed by atoms with Crippen molar-refractivity contribution in [3.63, 3.8) is 0 Å². The molecule has 1 aliphatic heterocycles. The van der Waals surface area contributed by atoms with Crippen molar-refractivity contribution < 1.29 is 32.6 Å². The van der Waals surface area contributed by atoms with E-state index in [1.54, 1.807) is 11.4 Å². The van der Waals surface area contributed by atoms with Crippen LogP contribution in [0.5, 0.6) is 0 Å². The first kappa shape index (κ1) is 14.5. The number of carbonyl (C=O) groups is 2. The first-order valence-corrected chi connectivity index (χ1v) is 6.18. The van der Waals surface area contributed by atoms with E-state index in [1.165, 1.54) is 6.07 Å². The lowest BCUT2D eigenvalue weighted by molar-refractivity contribution is -0.350. The Hall–Kier alpha value is -1.87. The molecule has 0 spiro atoms. The van der Waals surface area contributed by atoms with Gasteiger partial charge in [0.2, 0.25) is 0 Å². The highest BCUT2D eigenvalue weighted by molar-refractivity contribution is 7.12. The highest BCUT2D eigenvalue weighted by atomic mass is 32.1. The SMILES string of the molecule is O=C1OC(O)(C(F)(F)F)CC=C1NC(=O)c1cccs1. The van der Waals surface area contributed by atoms with Gasteiger partial charge in [0.25, 0.3) is 5.91 Å². The largest absolute Gasteiger partial charge is 0.455 e. The van der Waals surface area contributed by atoms with Gasteiger partial charge in [0, 0.05) is 6.42 Å². The van der Waals surface area contributed by atoms with Gasteiger partial charge in [-0.1, -0.05) is 6.07 Å². The van der Waals surface area contributed by atoms with Crippen molar-refractivity contribution in [3.05, 3.63) is 34.2 Å². The molecule has 0 aromatic carbocycles. The zero-order chi connectivity index (χ0) is 15.0. The first-order valence-electron chi connectivity index (χ1n) is 5.30. The maximum atomic E-state index is 12.5. The molecule has 2 rings (SSSR count). The van der Waals surface area contributed by atoms with Crippen molar-refractivity contribution in [3.8, 4) is 0 Å². The molecule has 9 heteroatoms. The van der Waals surface area contributed by atoms with Crippen LogP contribution in [0.1, 0.15) is 16.1 Å². The number of hydrogen-bond acceptors (Lipinski definition) is 5. The minimum atomic E-state index is -5.11. The molecule has 108 valence electrons. The molecule has 5 nitrogen and oxygen atoms in total. The summed E-state index contributed by atoms with van der Waals surface area (Å²) < 4.78 is 41.4. The quantitative estimate of drug-likeness (QED) is 0.813. The molecule has 0 fully saturated rings. The summed E-state index contributed by atoms with van der Waals surface area (Å²) in [5.41, 5.74) is -0.433. The summed E-state index contributed by atoms with van der Waals surface area (Å²) in [4.78, 5) is 23.3. The summed E-state index contributed by atoms with van der Waals surface area (Å²) in [5.74, 6) is -5.64. The fraction of sp³-hybridized carbons (Fsp3) is 0.273. The third-order valence-corrected chi connectivity index (χ3v) is 3.37. The van der Waals surface area contributed by atoms with Crippen molar-refractivity contribution in [2.45, 2.75) is 18.4 Å². The fourth-order valence-electron chi connectivity index (χ4n) is 1.44. The summed E-state index contributed by atoms with van der Waals surface area (Å²) in [7, 11) is 0. The second-order valence-electron chi connectivity index (χ2n) is 3.93. The second-order valence-corrected chi connectivity index (χ2v) is 4.87. The van der Waals surface area contributed by atoms with E-state index in [2.05, 4.69) is 10.1 Å². The lowest BCUT2D eigenvalue weighted by Gasteiger charge is -2.32. The Labute approximate surface area is 114 Å². The molecule has 0 radical (unpaired) electrons. The van der Waals surface area contributed by atoms with Gasteiger partial charge in [-0.2, -0.15) is 13.2 Å². The molecular formula is C11H8F3NO4S. The normalized spacial score (nSPS) is 23.0. The van der Waals surface area contributed by atoms with E-state index in [-0.39, 0.29) is 4.88 Å². The third-order valence-electron chi connectivity index (χ3n) is 2.50. The van der Waals surface area contributed by atoms with Crippen LogP contribution in [-0.4, -0.2) is 28.9 Å². The van der Waals surface area contributed by atoms with Gasteiger partial charge in [-0.15, -0.1) is 11.3 Å². The molecular weight excluding hydrogens is 299 g/mol. The molecule has 1 amide bonds. The first-order chi connectivity index (χ1) is 9.23. The van der Waals surface area contributed by atoms with E-state index in [0.29, 0.717) is 0 Å². The predicted octanol–water partition coefficient (Wildman–Crippen LogP) is 1.56. The van der Waals surface area contributed by atoms with Gasteiger partial charge < -0.3 is 15.2 Å². The van der Waals surface area contributed by atoms with Crippen LogP contribution in [0.25, 0.3) is 0 Å². The van der Waals surface area contributed by atoms with E-state index >= 15 is 0 Å². The monoisotopic (exact) mass is 307 g/mol. The van der Waals surface area contributed by atoms with Crippen molar-refractivity contribution >= 4 is 23.2 Å². The highest BCUT2D eigenvalue weighted by Gasteiger charge is 2.58. The van der Waals surface area contributed by atoms with Crippen molar-refractivity contribution in [1.29, 1.82) is 0 Å². The van der Waals surface area contributed by atoms with Crippen LogP contribution in [0.3, 0.4) is 0 Å². The number of cyclic esters (lactones) is 1. The zero-order valence-electron chi connectivity index (χ0n) is 9.73. The Kier molecular flexibility index (Phi) is 3.57. The van der Waals surface area contributed by atoms with Crippen LogP contribution in [0.15, 0.2) is 29.3 Å². The van der Waals surface area contributed by atoms with Gasteiger partial charge >= 0.3 is 17.9 Å². The van der Waals surface area contributed by atoms with Crippen molar-refractivity contribution in [2.24, 2.45) is 0 Å². The average molecular weight is 307 g/mol. The van der Waals surface area contributed by atoms with Crippen LogP contribution in [0.4, 0.5) is 13.2 Å². The molecule has 2 N–H and O–H groups in total. The summed E-state index contributed by atoms with van der Waals surface area (Å²) >= 11 is 1.10. The molecule has 1 aliphatic rings. The maximum Gasteiger partial charge on any atom is 0.455 e. The number of thiophene rings is 1. The average Bonchev–Trinajstić information content (AvgIpc) is 2.85. The number of alkyl halides is 3. The smallest absolute Gasteiger partial charge is 0.418 e. The van der Waals surface area contributed by atoms with Gasteiger partial charge in [-0.3, -0.25) is 4.79 Å². The molecule has 0 bridgehead atoms. The Balaban J connectivity index is 2.12. The van der Waals surface area contributed by atoms with Gasteiger partial charge in [0.1, 0.15) is 5.70 Å². The topological polar surface area (TPSA) is 75.6 Å². The van der Waals surface area contributed by atoms with Crippen LogP contribution >= 0.6 is 11.3 Å². The molecule has 0 aliphatic carbocycles. The predicted molar refractivity (Wildman–Crippen MR) is 61.6 cm³/mol. The van der Waals surface area contributed by atoms with Crippen molar-refractivity contribution in [2.75, 3.05) is 0 Å². The molecule has 1 aromatic rings. The lowest BCUT2D eigenvalue weighted by Crippen LogP contribution is -2.51. The van der Waals surface area contributed by atoms with Crippen LogP contribution in [-0.2, 0) is 9.53 Å². The number of nitrogens with one attached hydrogen (secondary N) is 1. The lowest BCUT2D eigenvalue weighted by atomic mass is 10.1. The summed E-state index contributed by atoms with van der Waals surface area (Å²) in [6.45, 7) is 0. The third kappa shape index (κ3) is 2.68. The van der Waals surface area contributed by atoms with E-state index in [4.69, 9.17) is 0 Å². The molecule has 1 aromatic heterocycles. The highest BCUT2D eigenvalue weighted by Crippen LogP contribution is 2.37. The number of carbonyl (C=O) groups excluding carboxylic acids is 2. The molecule has 20 heavy (non-hydrogen) atoms. The zero-order valence-corrected chi connectivity index (χ0v) is 10.5. The number of amides is 1. The summed E-state index contributed by atoms with van der Waals surface area (Å²) in [5, 5.41) is 13.0. The number of ether oxygens (including phenoxy) is 1. The van der Waals surface area contributed by atoms with Gasteiger partial charge in [0.05, 0.1) is 4.88 Å². The Morgan fingerprint density at radius 1 is 1.50 bits per heavy atom. The molecule has 1 atom stereocenters. The number of rotatable bonds is 2. The van der Waals surface area contributed by atoms with Crippen LogP contribution in [0, 0.1) is 0 Å². The van der Waals surface area contributed by atoms with E-state index in [9.17, 15) is 27.9 Å². The molecule has 0 saturated carbocycles. The van der Waals surface area contributed by atoms with E-state index in [1.807, 2.05) is 0 Å². The van der Waals surface area contributed by atoms with E-state index in [0.717, 1.165) is 17.4 Å². The van der Waals surface area contributed by atoms with E-state index < -0.39 is 36.0 Å².